The third-order valence-electron chi connectivity index (χ3n) is 3.79. The number of hydrogen-bond donors (Lipinski definition) is 1. The molecule has 132 valence electrons. The van der Waals surface area contributed by atoms with Crippen molar-refractivity contribution in [2.75, 3.05) is 19.7 Å². The van der Waals surface area contributed by atoms with Gasteiger partial charge in [0.15, 0.2) is 8.32 Å². The number of ether oxygens (including phenoxy) is 1. The van der Waals surface area contributed by atoms with Crippen LogP contribution in [0.4, 0.5) is 4.79 Å². The summed E-state index contributed by atoms with van der Waals surface area (Å²) in [5.41, 5.74) is 5.33. The number of amides is 1. The second-order valence-corrected chi connectivity index (χ2v) is 13.3. The molecule has 0 aliphatic heterocycles. The fourth-order valence-corrected chi connectivity index (χ4v) is 2.59. The summed E-state index contributed by atoms with van der Waals surface area (Å²) in [4.78, 5) is 13.9. The van der Waals surface area contributed by atoms with E-state index in [9.17, 15) is 4.79 Å². The first-order chi connectivity index (χ1) is 9.66. The van der Waals surface area contributed by atoms with E-state index < -0.39 is 13.9 Å². The third-order valence-corrected chi connectivity index (χ3v) is 8.33. The van der Waals surface area contributed by atoms with Crippen LogP contribution in [0.15, 0.2) is 0 Å². The summed E-state index contributed by atoms with van der Waals surface area (Å²) in [6.45, 7) is 20.0. The number of carbonyl (C=O) groups excluding carboxylic acids is 1. The zero-order chi connectivity index (χ0) is 17.8. The predicted molar refractivity (Wildman–Crippen MR) is 94.6 cm³/mol. The van der Waals surface area contributed by atoms with E-state index >= 15 is 0 Å². The van der Waals surface area contributed by atoms with Crippen LogP contribution < -0.4 is 5.73 Å². The number of rotatable bonds is 6. The van der Waals surface area contributed by atoms with Gasteiger partial charge in [0.05, 0.1) is 6.61 Å². The van der Waals surface area contributed by atoms with Crippen LogP contribution in [-0.4, -0.2) is 50.6 Å². The van der Waals surface area contributed by atoms with Crippen LogP contribution in [0.5, 0.6) is 0 Å². The van der Waals surface area contributed by atoms with Gasteiger partial charge in [-0.1, -0.05) is 20.8 Å². The lowest BCUT2D eigenvalue weighted by molar-refractivity contribution is 0.0214. The molecule has 6 heteroatoms. The molecule has 0 rings (SSSR count). The molecule has 1 unspecified atom stereocenters. The second kappa shape index (κ2) is 7.79. The van der Waals surface area contributed by atoms with Crippen LogP contribution in [0.25, 0.3) is 0 Å². The van der Waals surface area contributed by atoms with Gasteiger partial charge in [0, 0.05) is 19.1 Å². The highest BCUT2D eigenvalue weighted by Crippen LogP contribution is 2.36. The van der Waals surface area contributed by atoms with Gasteiger partial charge in [-0.15, -0.1) is 0 Å². The molecule has 22 heavy (non-hydrogen) atoms. The van der Waals surface area contributed by atoms with E-state index in [0.717, 1.165) is 0 Å². The molecule has 2 N–H and O–H groups in total. The Bertz CT molecular complexity index is 357. The summed E-state index contributed by atoms with van der Waals surface area (Å²) in [5, 5.41) is 0.158. The van der Waals surface area contributed by atoms with E-state index in [4.69, 9.17) is 14.9 Å². The lowest BCUT2D eigenvalue weighted by atomic mass is 10.2. The van der Waals surface area contributed by atoms with E-state index in [1.54, 1.807) is 4.90 Å². The Morgan fingerprint density at radius 3 is 2.05 bits per heavy atom. The van der Waals surface area contributed by atoms with Crippen molar-refractivity contribution in [2.24, 2.45) is 5.73 Å². The predicted octanol–water partition coefficient (Wildman–Crippen LogP) is 3.59. The number of carbonyl (C=O) groups is 1. The molecular weight excluding hydrogens is 296 g/mol. The van der Waals surface area contributed by atoms with Gasteiger partial charge in [-0.05, 0) is 45.8 Å². The van der Waals surface area contributed by atoms with Gasteiger partial charge in [0.1, 0.15) is 5.60 Å². The van der Waals surface area contributed by atoms with Crippen molar-refractivity contribution in [2.45, 2.75) is 78.2 Å². The van der Waals surface area contributed by atoms with Crippen molar-refractivity contribution >= 4 is 14.4 Å². The molecule has 1 atom stereocenters. The molecule has 0 bridgehead atoms. The monoisotopic (exact) mass is 332 g/mol. The fraction of sp³-hybridized carbons (Fsp3) is 0.938. The van der Waals surface area contributed by atoms with Crippen molar-refractivity contribution in [3.8, 4) is 0 Å². The van der Waals surface area contributed by atoms with E-state index in [1.807, 2.05) is 27.7 Å². The van der Waals surface area contributed by atoms with Gasteiger partial charge in [-0.25, -0.2) is 4.79 Å². The minimum Gasteiger partial charge on any atom is -0.444 e. The SMILES string of the molecule is CC(N)CN(CCO[Si](C)(C)C(C)(C)C)C(=O)OC(C)(C)C. The van der Waals surface area contributed by atoms with Gasteiger partial charge in [0.2, 0.25) is 0 Å². The van der Waals surface area contributed by atoms with E-state index in [1.165, 1.54) is 0 Å². The molecule has 0 radical (unpaired) electrons. The Morgan fingerprint density at radius 1 is 1.18 bits per heavy atom. The second-order valence-electron chi connectivity index (χ2n) is 8.51. The minimum absolute atomic E-state index is 0.0969. The smallest absolute Gasteiger partial charge is 0.410 e. The molecule has 0 heterocycles. The van der Waals surface area contributed by atoms with Gasteiger partial charge in [-0.2, -0.15) is 0 Å². The summed E-state index contributed by atoms with van der Waals surface area (Å²) >= 11 is 0. The van der Waals surface area contributed by atoms with Gasteiger partial charge < -0.3 is 19.8 Å². The molecule has 0 saturated carbocycles. The van der Waals surface area contributed by atoms with E-state index in [2.05, 4.69) is 33.9 Å². The van der Waals surface area contributed by atoms with Crippen molar-refractivity contribution in [3.05, 3.63) is 0 Å². The van der Waals surface area contributed by atoms with Gasteiger partial charge in [0.25, 0.3) is 0 Å². The zero-order valence-corrected chi connectivity index (χ0v) is 16.9. The highest BCUT2D eigenvalue weighted by Gasteiger charge is 2.37. The lowest BCUT2D eigenvalue weighted by Gasteiger charge is -2.37. The first kappa shape index (κ1) is 21.4. The van der Waals surface area contributed by atoms with Crippen molar-refractivity contribution in [3.63, 3.8) is 0 Å². The standard InChI is InChI=1S/C16H36N2O3Si/c1-13(17)12-18(14(19)21-15(2,3)4)10-11-20-22(8,9)16(5,6)7/h13H,10-12,17H2,1-9H3. The molecule has 0 saturated heterocycles. The summed E-state index contributed by atoms with van der Waals surface area (Å²) < 4.78 is 11.6. The Hall–Kier alpha value is -0.593. The molecule has 0 aromatic heterocycles. The lowest BCUT2D eigenvalue weighted by Crippen LogP contribution is -2.46. The van der Waals surface area contributed by atoms with Crippen molar-refractivity contribution < 1.29 is 14.0 Å². The molecular formula is C16H36N2O3Si. The average molecular weight is 333 g/mol. The van der Waals surface area contributed by atoms with Crippen LogP contribution >= 0.6 is 0 Å². The van der Waals surface area contributed by atoms with Crippen molar-refractivity contribution in [1.82, 2.24) is 4.90 Å². The summed E-state index contributed by atoms with van der Waals surface area (Å²) in [5.74, 6) is 0. The quantitative estimate of drug-likeness (QED) is 0.755. The minimum atomic E-state index is -1.80. The average Bonchev–Trinajstić information content (AvgIpc) is 2.22. The maximum Gasteiger partial charge on any atom is 0.410 e. The number of hydrogen-bond acceptors (Lipinski definition) is 4. The normalized spacial score (nSPS) is 14.6. The third kappa shape index (κ3) is 8.15. The molecule has 5 nitrogen and oxygen atoms in total. The first-order valence-electron chi connectivity index (χ1n) is 8.03. The molecule has 1 amide bonds. The summed E-state index contributed by atoms with van der Waals surface area (Å²) in [6.07, 6.45) is -0.330. The summed E-state index contributed by atoms with van der Waals surface area (Å²) in [6, 6.07) is -0.0969. The molecule has 0 aliphatic carbocycles. The van der Waals surface area contributed by atoms with Gasteiger partial charge in [-0.3, -0.25) is 0 Å². The Morgan fingerprint density at radius 2 is 1.68 bits per heavy atom. The molecule has 0 fully saturated rings. The van der Waals surface area contributed by atoms with Crippen LogP contribution in [0, 0.1) is 0 Å². The maximum atomic E-state index is 12.3. The van der Waals surface area contributed by atoms with Crippen LogP contribution in [0.2, 0.25) is 18.1 Å². The molecule has 0 spiro atoms. The largest absolute Gasteiger partial charge is 0.444 e. The maximum absolute atomic E-state index is 12.3. The van der Waals surface area contributed by atoms with Crippen molar-refractivity contribution in [1.29, 1.82) is 0 Å². The molecule has 0 aromatic carbocycles. The molecule has 0 aliphatic rings. The first-order valence-corrected chi connectivity index (χ1v) is 10.9. The Kier molecular flexibility index (Phi) is 7.58. The fourth-order valence-electron chi connectivity index (χ4n) is 1.56. The summed E-state index contributed by atoms with van der Waals surface area (Å²) in [7, 11) is -1.80. The van der Waals surface area contributed by atoms with E-state index in [-0.39, 0.29) is 17.2 Å². The van der Waals surface area contributed by atoms with Crippen LogP contribution in [0.1, 0.15) is 48.5 Å². The van der Waals surface area contributed by atoms with E-state index in [0.29, 0.717) is 19.7 Å². The Balaban J connectivity index is 4.65. The highest BCUT2D eigenvalue weighted by atomic mass is 28.4. The van der Waals surface area contributed by atoms with Gasteiger partial charge >= 0.3 is 6.09 Å². The van der Waals surface area contributed by atoms with Crippen LogP contribution in [-0.2, 0) is 9.16 Å². The number of nitrogens with two attached hydrogens (primary N) is 1. The zero-order valence-electron chi connectivity index (χ0n) is 15.9. The van der Waals surface area contributed by atoms with Crippen LogP contribution in [0.3, 0.4) is 0 Å². The Labute approximate surface area is 137 Å². The number of nitrogens with zero attached hydrogens (tertiary/aromatic N) is 1. The highest BCUT2D eigenvalue weighted by molar-refractivity contribution is 6.74. The topological polar surface area (TPSA) is 64.8 Å². The molecule has 0 aromatic rings.